The predicted octanol–water partition coefficient (Wildman–Crippen LogP) is 5.68. The topological polar surface area (TPSA) is 26.3 Å². The number of rotatable bonds is 13. The third-order valence-electron chi connectivity index (χ3n) is 3.73. The predicted molar refractivity (Wildman–Crippen MR) is 96.5 cm³/mol. The molecule has 22 heavy (non-hydrogen) atoms. The molecule has 0 atom stereocenters. The molecule has 0 spiro atoms. The standard InChI is InChI=1S/C19H29BrO2/c20-16-9-4-2-1-3-5-10-17-22-19(21)15-11-14-18-12-7-6-8-13-18/h6-8,12-13H,1-5,9-11,14-17H2. The van der Waals surface area contributed by atoms with Crippen LogP contribution in [0.4, 0.5) is 0 Å². The number of unbranched alkanes of at least 4 members (excludes halogenated alkanes) is 6. The summed E-state index contributed by atoms with van der Waals surface area (Å²) in [4.78, 5) is 11.6. The van der Waals surface area contributed by atoms with E-state index in [0.717, 1.165) is 24.6 Å². The Bertz CT molecular complexity index is 378. The maximum atomic E-state index is 11.6. The zero-order valence-electron chi connectivity index (χ0n) is 13.6. The van der Waals surface area contributed by atoms with Gasteiger partial charge in [0.2, 0.25) is 0 Å². The molecule has 0 bridgehead atoms. The summed E-state index contributed by atoms with van der Waals surface area (Å²) < 4.78 is 5.28. The number of halogens is 1. The Balaban J connectivity index is 1.87. The minimum Gasteiger partial charge on any atom is -0.466 e. The molecule has 0 aliphatic rings. The summed E-state index contributed by atoms with van der Waals surface area (Å²) in [5.74, 6) is -0.0479. The normalized spacial score (nSPS) is 10.6. The van der Waals surface area contributed by atoms with Gasteiger partial charge in [-0.15, -0.1) is 0 Å². The first kappa shape index (κ1) is 19.2. The molecule has 0 N–H and O–H groups in total. The van der Waals surface area contributed by atoms with Gasteiger partial charge in [0.15, 0.2) is 0 Å². The van der Waals surface area contributed by atoms with Crippen molar-refractivity contribution in [2.45, 2.75) is 64.2 Å². The summed E-state index contributed by atoms with van der Waals surface area (Å²) in [6.45, 7) is 0.589. The average molecular weight is 369 g/mol. The van der Waals surface area contributed by atoms with Crippen molar-refractivity contribution in [3.63, 3.8) is 0 Å². The molecule has 1 aromatic rings. The van der Waals surface area contributed by atoms with Gasteiger partial charge >= 0.3 is 5.97 Å². The van der Waals surface area contributed by atoms with Crippen LogP contribution in [0.3, 0.4) is 0 Å². The van der Waals surface area contributed by atoms with E-state index in [-0.39, 0.29) is 5.97 Å². The van der Waals surface area contributed by atoms with Gasteiger partial charge in [0.05, 0.1) is 6.61 Å². The molecule has 0 aromatic heterocycles. The van der Waals surface area contributed by atoms with Crippen LogP contribution in [0.1, 0.15) is 63.4 Å². The minimum absolute atomic E-state index is 0.0479. The largest absolute Gasteiger partial charge is 0.466 e. The fourth-order valence-corrected chi connectivity index (χ4v) is 2.82. The molecule has 0 aliphatic heterocycles. The van der Waals surface area contributed by atoms with E-state index in [1.165, 1.54) is 44.1 Å². The van der Waals surface area contributed by atoms with Crippen LogP contribution in [-0.2, 0) is 16.0 Å². The number of carbonyl (C=O) groups is 1. The van der Waals surface area contributed by atoms with Gasteiger partial charge in [-0.3, -0.25) is 4.79 Å². The summed E-state index contributed by atoms with van der Waals surface area (Å²) in [6, 6.07) is 10.3. The number of alkyl halides is 1. The van der Waals surface area contributed by atoms with Gasteiger partial charge in [0.1, 0.15) is 0 Å². The van der Waals surface area contributed by atoms with Crippen molar-refractivity contribution in [1.29, 1.82) is 0 Å². The molecular formula is C19H29BrO2. The number of esters is 1. The van der Waals surface area contributed by atoms with Crippen LogP contribution in [0.25, 0.3) is 0 Å². The lowest BCUT2D eigenvalue weighted by Crippen LogP contribution is -2.06. The second kappa shape index (κ2) is 13.8. The van der Waals surface area contributed by atoms with Crippen molar-refractivity contribution in [3.8, 4) is 0 Å². The first-order chi connectivity index (χ1) is 10.8. The Labute approximate surface area is 143 Å². The molecule has 1 aromatic carbocycles. The lowest BCUT2D eigenvalue weighted by molar-refractivity contribution is -0.143. The van der Waals surface area contributed by atoms with Gasteiger partial charge in [-0.1, -0.05) is 78.4 Å². The highest BCUT2D eigenvalue weighted by Crippen LogP contribution is 2.09. The summed E-state index contributed by atoms with van der Waals surface area (Å²) in [5, 5.41) is 1.12. The third-order valence-corrected chi connectivity index (χ3v) is 4.29. The maximum Gasteiger partial charge on any atom is 0.305 e. The quantitative estimate of drug-likeness (QED) is 0.254. The van der Waals surface area contributed by atoms with Gasteiger partial charge < -0.3 is 4.74 Å². The van der Waals surface area contributed by atoms with Crippen molar-refractivity contribution < 1.29 is 9.53 Å². The fraction of sp³-hybridized carbons (Fsp3) is 0.632. The molecule has 0 unspecified atom stereocenters. The number of benzene rings is 1. The van der Waals surface area contributed by atoms with E-state index < -0.39 is 0 Å². The molecule has 0 fully saturated rings. The van der Waals surface area contributed by atoms with Crippen LogP contribution in [-0.4, -0.2) is 17.9 Å². The highest BCUT2D eigenvalue weighted by molar-refractivity contribution is 9.09. The highest BCUT2D eigenvalue weighted by Gasteiger charge is 2.02. The number of carbonyl (C=O) groups excluding carboxylic acids is 1. The van der Waals surface area contributed by atoms with Crippen LogP contribution in [0.2, 0.25) is 0 Å². The minimum atomic E-state index is -0.0479. The Kier molecular flexibility index (Phi) is 12.1. The first-order valence-electron chi connectivity index (χ1n) is 8.58. The molecule has 0 radical (unpaired) electrons. The van der Waals surface area contributed by atoms with Gasteiger partial charge in [-0.25, -0.2) is 0 Å². The lowest BCUT2D eigenvalue weighted by atomic mass is 10.1. The molecule has 0 amide bonds. The van der Waals surface area contributed by atoms with E-state index in [2.05, 4.69) is 28.1 Å². The molecule has 124 valence electrons. The maximum absolute atomic E-state index is 11.6. The Morgan fingerprint density at radius 2 is 1.50 bits per heavy atom. The van der Waals surface area contributed by atoms with Gasteiger partial charge in [0, 0.05) is 11.8 Å². The second-order valence-electron chi connectivity index (χ2n) is 5.72. The molecule has 0 aliphatic carbocycles. The fourth-order valence-electron chi connectivity index (χ4n) is 2.42. The summed E-state index contributed by atoms with van der Waals surface area (Å²) in [6.07, 6.45) is 11.0. The van der Waals surface area contributed by atoms with Crippen LogP contribution >= 0.6 is 15.9 Å². The van der Waals surface area contributed by atoms with Crippen LogP contribution in [0.15, 0.2) is 30.3 Å². The van der Waals surface area contributed by atoms with Gasteiger partial charge in [0.25, 0.3) is 0 Å². The molecular weight excluding hydrogens is 340 g/mol. The van der Waals surface area contributed by atoms with Crippen LogP contribution in [0, 0.1) is 0 Å². The van der Waals surface area contributed by atoms with E-state index >= 15 is 0 Å². The van der Waals surface area contributed by atoms with Crippen molar-refractivity contribution in [2.75, 3.05) is 11.9 Å². The summed E-state index contributed by atoms with van der Waals surface area (Å²) >= 11 is 3.45. The van der Waals surface area contributed by atoms with E-state index in [4.69, 9.17) is 4.74 Å². The number of hydrogen-bond donors (Lipinski definition) is 0. The number of ether oxygens (including phenoxy) is 1. The van der Waals surface area contributed by atoms with E-state index in [9.17, 15) is 4.79 Å². The van der Waals surface area contributed by atoms with Crippen molar-refractivity contribution in [1.82, 2.24) is 0 Å². The van der Waals surface area contributed by atoms with Gasteiger partial charge in [-0.2, -0.15) is 0 Å². The number of hydrogen-bond acceptors (Lipinski definition) is 2. The molecule has 3 heteroatoms. The van der Waals surface area contributed by atoms with Crippen LogP contribution < -0.4 is 0 Å². The van der Waals surface area contributed by atoms with Crippen LogP contribution in [0.5, 0.6) is 0 Å². The third kappa shape index (κ3) is 10.8. The molecule has 1 rings (SSSR count). The summed E-state index contributed by atoms with van der Waals surface area (Å²) in [7, 11) is 0. The molecule has 2 nitrogen and oxygen atoms in total. The van der Waals surface area contributed by atoms with E-state index in [1.807, 2.05) is 18.2 Å². The SMILES string of the molecule is O=C(CCCc1ccccc1)OCCCCCCCCCBr. The second-order valence-corrected chi connectivity index (χ2v) is 6.52. The smallest absolute Gasteiger partial charge is 0.305 e. The zero-order valence-corrected chi connectivity index (χ0v) is 15.2. The molecule has 0 saturated heterocycles. The monoisotopic (exact) mass is 368 g/mol. The zero-order chi connectivity index (χ0) is 15.9. The Hall–Kier alpha value is -0.830. The Morgan fingerprint density at radius 3 is 2.18 bits per heavy atom. The first-order valence-corrected chi connectivity index (χ1v) is 9.70. The van der Waals surface area contributed by atoms with Crippen molar-refractivity contribution in [3.05, 3.63) is 35.9 Å². The molecule has 0 heterocycles. The average Bonchev–Trinajstić information content (AvgIpc) is 2.54. The summed E-state index contributed by atoms with van der Waals surface area (Å²) in [5.41, 5.74) is 1.29. The number of aryl methyl sites for hydroxylation is 1. The highest BCUT2D eigenvalue weighted by atomic mass is 79.9. The Morgan fingerprint density at radius 1 is 0.864 bits per heavy atom. The van der Waals surface area contributed by atoms with E-state index in [1.54, 1.807) is 0 Å². The van der Waals surface area contributed by atoms with Crippen molar-refractivity contribution >= 4 is 21.9 Å². The van der Waals surface area contributed by atoms with E-state index in [0.29, 0.717) is 13.0 Å². The van der Waals surface area contributed by atoms with Gasteiger partial charge in [-0.05, 0) is 31.2 Å². The lowest BCUT2D eigenvalue weighted by Gasteiger charge is -2.05. The van der Waals surface area contributed by atoms with Crippen molar-refractivity contribution in [2.24, 2.45) is 0 Å². The molecule has 0 saturated carbocycles.